The molecule has 0 spiro atoms. The van der Waals surface area contributed by atoms with E-state index in [0.717, 1.165) is 5.56 Å². The smallest absolute Gasteiger partial charge is 0.115 e. The second kappa shape index (κ2) is 3.61. The van der Waals surface area contributed by atoms with E-state index in [4.69, 9.17) is 0 Å². The molecule has 0 saturated heterocycles. The summed E-state index contributed by atoms with van der Waals surface area (Å²) >= 11 is 0. The molecular weight excluding hydrogens is 126 g/mol. The molecule has 1 aromatic rings. The maximum absolute atomic E-state index is 3.90. The second-order valence-corrected chi connectivity index (χ2v) is 1.91. The van der Waals surface area contributed by atoms with E-state index in [9.17, 15) is 0 Å². The molecule has 1 heterocycles. The molecule has 52 valence electrons. The van der Waals surface area contributed by atoms with Crippen LogP contribution in [-0.4, -0.2) is 15.0 Å². The summed E-state index contributed by atoms with van der Waals surface area (Å²) in [6.07, 6.45) is 8.49. The number of hydrogen-bond acceptors (Lipinski definition) is 2. The maximum atomic E-state index is 3.90. The van der Waals surface area contributed by atoms with Gasteiger partial charge in [-0.3, -0.25) is 0 Å². The summed E-state index contributed by atoms with van der Waals surface area (Å²) < 4.78 is 0. The molecule has 0 aliphatic carbocycles. The highest BCUT2D eigenvalue weighted by molar-refractivity contribution is 4.95. The van der Waals surface area contributed by atoms with Crippen LogP contribution in [0.15, 0.2) is 31.1 Å². The third-order valence-corrected chi connectivity index (χ3v) is 0.979. The molecule has 0 saturated carbocycles. The van der Waals surface area contributed by atoms with Gasteiger partial charge in [0.1, 0.15) is 6.33 Å². The molecule has 0 aliphatic heterocycles. The predicted octanol–water partition coefficient (Wildman–Crippen LogP) is 1.24. The first kappa shape index (κ1) is 6.74. The minimum Gasteiger partial charge on any atom is -0.366 e. The van der Waals surface area contributed by atoms with Crippen LogP contribution in [-0.2, 0) is 0 Å². The number of aromatic nitrogens is 3. The maximum Gasteiger partial charge on any atom is 0.115 e. The highest BCUT2D eigenvalue weighted by atomic mass is 14.8. The van der Waals surface area contributed by atoms with Crippen molar-refractivity contribution in [2.24, 2.45) is 0 Å². The first-order valence-electron chi connectivity index (χ1n) is 3.02. The van der Waals surface area contributed by atoms with Crippen molar-refractivity contribution < 1.29 is 0 Å². The van der Waals surface area contributed by atoms with Crippen molar-refractivity contribution >= 4 is 0 Å². The SMILES string of the molecule is Cc1cncncc[nH]c1. The molecule has 0 bridgehead atoms. The van der Waals surface area contributed by atoms with Gasteiger partial charge in [0.05, 0.1) is 0 Å². The summed E-state index contributed by atoms with van der Waals surface area (Å²) in [6.45, 7) is 1.96. The highest BCUT2D eigenvalue weighted by Gasteiger charge is 1.71. The summed E-state index contributed by atoms with van der Waals surface area (Å²) in [7, 11) is 0. The highest BCUT2D eigenvalue weighted by Crippen LogP contribution is 1.82. The van der Waals surface area contributed by atoms with Gasteiger partial charge in [0, 0.05) is 24.8 Å². The van der Waals surface area contributed by atoms with Crippen LogP contribution in [0.5, 0.6) is 0 Å². The van der Waals surface area contributed by atoms with Crippen LogP contribution in [0.2, 0.25) is 0 Å². The molecule has 0 unspecified atom stereocenters. The van der Waals surface area contributed by atoms with Crippen LogP contribution in [0.4, 0.5) is 0 Å². The Morgan fingerprint density at radius 1 is 1.40 bits per heavy atom. The molecule has 0 fully saturated rings. The summed E-state index contributed by atoms with van der Waals surface area (Å²) in [5.41, 5.74) is 1.07. The fourth-order valence-electron chi connectivity index (χ4n) is 0.531. The van der Waals surface area contributed by atoms with Crippen molar-refractivity contribution in [2.45, 2.75) is 6.92 Å². The lowest BCUT2D eigenvalue weighted by atomic mass is 10.4. The van der Waals surface area contributed by atoms with E-state index in [2.05, 4.69) is 15.0 Å². The lowest BCUT2D eigenvalue weighted by molar-refractivity contribution is 1.19. The number of nitrogens with zero attached hydrogens (tertiary/aromatic N) is 2. The number of rotatable bonds is 0. The molecule has 0 atom stereocenters. The van der Waals surface area contributed by atoms with E-state index in [1.165, 1.54) is 6.33 Å². The Balaban J connectivity index is 3.13. The van der Waals surface area contributed by atoms with E-state index < -0.39 is 0 Å². The number of H-pyrrole nitrogens is 1. The number of aryl methyl sites for hydroxylation is 1. The van der Waals surface area contributed by atoms with Crippen molar-refractivity contribution in [3.05, 3.63) is 36.7 Å². The molecular formula is C7H9N3. The van der Waals surface area contributed by atoms with Gasteiger partial charge in [-0.2, -0.15) is 0 Å². The van der Waals surface area contributed by atoms with Crippen LogP contribution >= 0.6 is 0 Å². The largest absolute Gasteiger partial charge is 0.366 e. The van der Waals surface area contributed by atoms with Gasteiger partial charge in [-0.1, -0.05) is 0 Å². The fourth-order valence-corrected chi connectivity index (χ4v) is 0.531. The lowest BCUT2D eigenvalue weighted by Crippen LogP contribution is -1.67. The lowest BCUT2D eigenvalue weighted by Gasteiger charge is -1.77. The van der Waals surface area contributed by atoms with Crippen molar-refractivity contribution in [1.82, 2.24) is 15.0 Å². The van der Waals surface area contributed by atoms with E-state index >= 15 is 0 Å². The van der Waals surface area contributed by atoms with Crippen LogP contribution in [0.3, 0.4) is 0 Å². The average Bonchev–Trinajstić information content (AvgIpc) is 2.02. The van der Waals surface area contributed by atoms with Crippen LogP contribution < -0.4 is 0 Å². The van der Waals surface area contributed by atoms with Crippen LogP contribution in [0.25, 0.3) is 0 Å². The zero-order valence-corrected chi connectivity index (χ0v) is 5.78. The Morgan fingerprint density at radius 3 is 3.20 bits per heavy atom. The third-order valence-electron chi connectivity index (χ3n) is 0.979. The van der Waals surface area contributed by atoms with Crippen molar-refractivity contribution in [2.75, 3.05) is 0 Å². The van der Waals surface area contributed by atoms with E-state index in [1.807, 2.05) is 13.1 Å². The van der Waals surface area contributed by atoms with E-state index in [0.29, 0.717) is 0 Å². The number of hydrogen-bond donors (Lipinski definition) is 1. The zero-order chi connectivity index (χ0) is 7.23. The molecule has 10 heavy (non-hydrogen) atoms. The molecule has 1 aromatic heterocycles. The summed E-state index contributed by atoms with van der Waals surface area (Å²) in [5, 5.41) is 0. The average molecular weight is 135 g/mol. The molecule has 0 aliphatic rings. The quantitative estimate of drug-likeness (QED) is 0.581. The van der Waals surface area contributed by atoms with Gasteiger partial charge in [0.2, 0.25) is 0 Å². The monoisotopic (exact) mass is 135 g/mol. The number of aromatic amines is 1. The number of nitrogens with one attached hydrogen (secondary N) is 1. The third kappa shape index (κ3) is 2.26. The predicted molar refractivity (Wildman–Crippen MR) is 38.7 cm³/mol. The van der Waals surface area contributed by atoms with Crippen LogP contribution in [0.1, 0.15) is 5.56 Å². The Bertz CT molecular complexity index is 216. The van der Waals surface area contributed by atoms with Gasteiger partial charge in [-0.25, -0.2) is 9.97 Å². The van der Waals surface area contributed by atoms with Crippen molar-refractivity contribution in [3.63, 3.8) is 0 Å². The van der Waals surface area contributed by atoms with Gasteiger partial charge in [-0.05, 0) is 12.5 Å². The Kier molecular flexibility index (Phi) is 2.43. The molecule has 3 heteroatoms. The minimum absolute atomic E-state index is 1.07. The van der Waals surface area contributed by atoms with Gasteiger partial charge >= 0.3 is 0 Å². The molecule has 1 rings (SSSR count). The summed E-state index contributed by atoms with van der Waals surface area (Å²) in [4.78, 5) is 10.7. The van der Waals surface area contributed by atoms with Gasteiger partial charge in [0.25, 0.3) is 0 Å². The zero-order valence-electron chi connectivity index (χ0n) is 5.78. The first-order valence-corrected chi connectivity index (χ1v) is 3.02. The molecule has 0 radical (unpaired) electrons. The molecule has 0 aromatic carbocycles. The molecule has 3 nitrogen and oxygen atoms in total. The van der Waals surface area contributed by atoms with Gasteiger partial charge in [-0.15, -0.1) is 0 Å². The molecule has 1 N–H and O–H groups in total. The van der Waals surface area contributed by atoms with Gasteiger partial charge in [0.15, 0.2) is 0 Å². The standard InChI is InChI=1S/C7H9N3/c1-7-4-8-2-3-9-6-10-5-7/h2-6,8H,1H3. The Morgan fingerprint density at radius 2 is 2.30 bits per heavy atom. The molecule has 0 amide bonds. The minimum atomic E-state index is 1.07. The van der Waals surface area contributed by atoms with E-state index in [1.54, 1.807) is 18.6 Å². The van der Waals surface area contributed by atoms with Crippen molar-refractivity contribution in [3.8, 4) is 0 Å². The van der Waals surface area contributed by atoms with E-state index in [-0.39, 0.29) is 0 Å². The normalized spacial score (nSPS) is 8.50. The fraction of sp³-hybridized carbons (Fsp3) is 0.143. The van der Waals surface area contributed by atoms with Crippen molar-refractivity contribution in [1.29, 1.82) is 0 Å². The topological polar surface area (TPSA) is 41.6 Å². The Labute approximate surface area is 59.5 Å². The van der Waals surface area contributed by atoms with Gasteiger partial charge < -0.3 is 4.98 Å². The summed E-state index contributed by atoms with van der Waals surface area (Å²) in [6, 6.07) is 0. The second-order valence-electron chi connectivity index (χ2n) is 1.91. The summed E-state index contributed by atoms with van der Waals surface area (Å²) in [5.74, 6) is 0. The van der Waals surface area contributed by atoms with Crippen LogP contribution in [0, 0.1) is 6.92 Å². The first-order chi connectivity index (χ1) is 4.89. The Hall–Kier alpha value is -1.38.